The lowest BCUT2D eigenvalue weighted by atomic mass is 10.1. The second-order valence-corrected chi connectivity index (χ2v) is 3.61. The van der Waals surface area contributed by atoms with Crippen molar-refractivity contribution in [3.8, 4) is 5.75 Å². The van der Waals surface area contributed by atoms with Crippen LogP contribution in [-0.4, -0.2) is 26.4 Å². The number of ether oxygens (including phenoxy) is 1. The van der Waals surface area contributed by atoms with Crippen LogP contribution in [0.15, 0.2) is 18.2 Å². The largest absolute Gasteiger partial charge is 0.496 e. The summed E-state index contributed by atoms with van der Waals surface area (Å²) in [7, 11) is 1.65. The molecule has 0 aliphatic carbocycles. The molecule has 2 rings (SSSR count). The maximum atomic E-state index is 12.7. The van der Waals surface area contributed by atoms with E-state index < -0.39 is 6.17 Å². The second kappa shape index (κ2) is 3.48. The molecule has 0 radical (unpaired) electrons. The summed E-state index contributed by atoms with van der Waals surface area (Å²) in [6.07, 6.45) is -0.666. The molecule has 0 saturated carbocycles. The van der Waals surface area contributed by atoms with Gasteiger partial charge in [0.05, 0.1) is 20.2 Å². The molecule has 1 fully saturated rings. The predicted octanol–water partition coefficient (Wildman–Crippen LogP) is 2.16. The van der Waals surface area contributed by atoms with Gasteiger partial charge in [0.1, 0.15) is 11.9 Å². The van der Waals surface area contributed by atoms with Gasteiger partial charge in [-0.25, -0.2) is 4.39 Å². The number of alkyl halides is 1. The first-order valence-electron chi connectivity index (χ1n) is 4.75. The van der Waals surface area contributed by atoms with Gasteiger partial charge in [-0.05, 0) is 19.1 Å². The number of anilines is 1. The molecule has 1 aliphatic heterocycles. The normalized spacial score (nSPS) is 16.6. The molecule has 0 atom stereocenters. The van der Waals surface area contributed by atoms with Gasteiger partial charge in [-0.3, -0.25) is 0 Å². The van der Waals surface area contributed by atoms with Crippen molar-refractivity contribution in [3.63, 3.8) is 0 Å². The van der Waals surface area contributed by atoms with Crippen molar-refractivity contribution in [1.82, 2.24) is 0 Å². The zero-order chi connectivity index (χ0) is 10.1. The third-order valence-corrected chi connectivity index (χ3v) is 2.65. The Balaban J connectivity index is 2.25. The molecule has 0 amide bonds. The molecule has 1 saturated heterocycles. The smallest absolute Gasteiger partial charge is 0.135 e. The van der Waals surface area contributed by atoms with Crippen molar-refractivity contribution < 1.29 is 9.13 Å². The summed E-state index contributed by atoms with van der Waals surface area (Å²) in [5.41, 5.74) is 2.17. The zero-order valence-corrected chi connectivity index (χ0v) is 8.46. The highest BCUT2D eigenvalue weighted by Gasteiger charge is 2.27. The first-order valence-corrected chi connectivity index (χ1v) is 4.75. The van der Waals surface area contributed by atoms with Crippen molar-refractivity contribution in [2.24, 2.45) is 0 Å². The minimum atomic E-state index is -0.666. The first kappa shape index (κ1) is 9.31. The Morgan fingerprint density at radius 1 is 1.43 bits per heavy atom. The van der Waals surface area contributed by atoms with Crippen molar-refractivity contribution >= 4 is 5.69 Å². The average molecular weight is 195 g/mol. The molecule has 1 aliphatic rings. The molecule has 0 unspecified atom stereocenters. The summed E-state index contributed by atoms with van der Waals surface area (Å²) in [4.78, 5) is 2.03. The quantitative estimate of drug-likeness (QED) is 0.717. The minimum absolute atomic E-state index is 0.508. The fourth-order valence-corrected chi connectivity index (χ4v) is 1.79. The topological polar surface area (TPSA) is 12.5 Å². The number of hydrogen-bond acceptors (Lipinski definition) is 2. The molecular formula is C11H14FNO. The number of methoxy groups -OCH3 is 1. The second-order valence-electron chi connectivity index (χ2n) is 3.61. The zero-order valence-electron chi connectivity index (χ0n) is 8.46. The van der Waals surface area contributed by atoms with Crippen LogP contribution in [0.4, 0.5) is 10.1 Å². The lowest BCUT2D eigenvalue weighted by Gasteiger charge is -2.37. The Hall–Kier alpha value is -1.25. The number of nitrogens with zero attached hydrogens (tertiary/aromatic N) is 1. The average Bonchev–Trinajstić information content (AvgIpc) is 2.14. The highest BCUT2D eigenvalue weighted by atomic mass is 19.1. The van der Waals surface area contributed by atoms with Crippen LogP contribution in [-0.2, 0) is 0 Å². The number of benzene rings is 1. The summed E-state index contributed by atoms with van der Waals surface area (Å²) in [6, 6.07) is 5.86. The van der Waals surface area contributed by atoms with Crippen molar-refractivity contribution in [1.29, 1.82) is 0 Å². The van der Waals surface area contributed by atoms with Crippen molar-refractivity contribution in [3.05, 3.63) is 23.8 Å². The van der Waals surface area contributed by atoms with Gasteiger partial charge >= 0.3 is 0 Å². The molecule has 0 spiro atoms. The van der Waals surface area contributed by atoms with E-state index in [-0.39, 0.29) is 0 Å². The summed E-state index contributed by atoms with van der Waals surface area (Å²) in [5, 5.41) is 0. The van der Waals surface area contributed by atoms with Crippen LogP contribution in [0.25, 0.3) is 0 Å². The Morgan fingerprint density at radius 2 is 2.14 bits per heavy atom. The van der Waals surface area contributed by atoms with E-state index in [1.807, 2.05) is 30.0 Å². The molecule has 1 heterocycles. The lowest BCUT2D eigenvalue weighted by molar-refractivity contribution is 0.274. The molecule has 0 bridgehead atoms. The molecule has 1 aromatic rings. The standard InChI is InChI=1S/C11H14FNO/c1-8-10(13-6-9(12)7-13)4-3-5-11(8)14-2/h3-5,9H,6-7H2,1-2H3. The van der Waals surface area contributed by atoms with E-state index in [2.05, 4.69) is 0 Å². The Bertz CT molecular complexity index is 334. The van der Waals surface area contributed by atoms with Crippen molar-refractivity contribution in [2.45, 2.75) is 13.1 Å². The Labute approximate surface area is 83.3 Å². The summed E-state index contributed by atoms with van der Waals surface area (Å²) in [5.74, 6) is 0.866. The van der Waals surface area contributed by atoms with Gasteiger partial charge in [-0.2, -0.15) is 0 Å². The molecule has 1 aromatic carbocycles. The Kier molecular flexibility index (Phi) is 2.32. The van der Waals surface area contributed by atoms with Gasteiger partial charge in [-0.15, -0.1) is 0 Å². The maximum Gasteiger partial charge on any atom is 0.135 e. The lowest BCUT2D eigenvalue weighted by Crippen LogP contribution is -2.48. The predicted molar refractivity (Wildman–Crippen MR) is 54.8 cm³/mol. The van der Waals surface area contributed by atoms with Crippen LogP contribution in [0.1, 0.15) is 5.56 Å². The molecule has 14 heavy (non-hydrogen) atoms. The van der Waals surface area contributed by atoms with E-state index in [4.69, 9.17) is 4.74 Å². The van der Waals surface area contributed by atoms with Gasteiger partial charge in [0.15, 0.2) is 0 Å². The van der Waals surface area contributed by atoms with E-state index in [9.17, 15) is 4.39 Å². The van der Waals surface area contributed by atoms with Gasteiger partial charge in [0, 0.05) is 11.3 Å². The van der Waals surface area contributed by atoms with Gasteiger partial charge in [0.25, 0.3) is 0 Å². The van der Waals surface area contributed by atoms with Crippen LogP contribution in [0.5, 0.6) is 5.75 Å². The minimum Gasteiger partial charge on any atom is -0.496 e. The SMILES string of the molecule is COc1cccc(N2CC(F)C2)c1C. The van der Waals surface area contributed by atoms with E-state index in [1.165, 1.54) is 0 Å². The van der Waals surface area contributed by atoms with Crippen molar-refractivity contribution in [2.75, 3.05) is 25.1 Å². The summed E-state index contributed by atoms with van der Waals surface area (Å²) >= 11 is 0. The number of rotatable bonds is 2. The van der Waals surface area contributed by atoms with Crippen LogP contribution < -0.4 is 9.64 Å². The van der Waals surface area contributed by atoms with E-state index in [0.717, 1.165) is 17.0 Å². The molecule has 3 heteroatoms. The Morgan fingerprint density at radius 3 is 2.71 bits per heavy atom. The number of hydrogen-bond donors (Lipinski definition) is 0. The van der Waals surface area contributed by atoms with Crippen LogP contribution in [0.2, 0.25) is 0 Å². The summed E-state index contributed by atoms with van der Waals surface area (Å²) < 4.78 is 17.9. The van der Waals surface area contributed by atoms with Crippen LogP contribution in [0, 0.1) is 6.92 Å². The monoisotopic (exact) mass is 195 g/mol. The highest BCUT2D eigenvalue weighted by molar-refractivity contribution is 5.60. The molecular weight excluding hydrogens is 181 g/mol. The van der Waals surface area contributed by atoms with E-state index in [1.54, 1.807) is 7.11 Å². The van der Waals surface area contributed by atoms with E-state index in [0.29, 0.717) is 13.1 Å². The van der Waals surface area contributed by atoms with Crippen LogP contribution >= 0.6 is 0 Å². The first-order chi connectivity index (χ1) is 6.72. The molecule has 2 nitrogen and oxygen atoms in total. The third kappa shape index (κ3) is 1.43. The third-order valence-electron chi connectivity index (χ3n) is 2.65. The number of halogens is 1. The maximum absolute atomic E-state index is 12.7. The fraction of sp³-hybridized carbons (Fsp3) is 0.455. The van der Waals surface area contributed by atoms with Gasteiger partial charge in [0.2, 0.25) is 0 Å². The molecule has 0 N–H and O–H groups in total. The summed E-state index contributed by atoms with van der Waals surface area (Å²) in [6.45, 7) is 3.02. The van der Waals surface area contributed by atoms with E-state index >= 15 is 0 Å². The van der Waals surface area contributed by atoms with Gasteiger partial charge in [-0.1, -0.05) is 6.07 Å². The van der Waals surface area contributed by atoms with Gasteiger partial charge < -0.3 is 9.64 Å². The van der Waals surface area contributed by atoms with Crippen LogP contribution in [0.3, 0.4) is 0 Å². The molecule has 76 valence electrons. The fourth-order valence-electron chi connectivity index (χ4n) is 1.79. The highest BCUT2D eigenvalue weighted by Crippen LogP contribution is 2.31. The molecule has 0 aromatic heterocycles.